The molecule has 6 heteroatoms. The van der Waals surface area contributed by atoms with E-state index in [1.54, 1.807) is 18.2 Å². The summed E-state index contributed by atoms with van der Waals surface area (Å²) >= 11 is 0. The van der Waals surface area contributed by atoms with E-state index < -0.39 is 10.0 Å². The fourth-order valence-electron chi connectivity index (χ4n) is 1.24. The van der Waals surface area contributed by atoms with Crippen LogP contribution in [0, 0.1) is 11.3 Å². The lowest BCUT2D eigenvalue weighted by molar-refractivity contribution is 0.340. The van der Waals surface area contributed by atoms with E-state index in [0.717, 1.165) is 4.31 Å². The van der Waals surface area contributed by atoms with E-state index in [-0.39, 0.29) is 11.4 Å². The molecule has 0 radical (unpaired) electrons. The normalized spacial score (nSPS) is 11.2. The van der Waals surface area contributed by atoms with Gasteiger partial charge in [0.1, 0.15) is 12.3 Å². The van der Waals surface area contributed by atoms with Gasteiger partial charge in [-0.15, -0.1) is 0 Å². The summed E-state index contributed by atoms with van der Waals surface area (Å²) in [4.78, 5) is 0.152. The zero-order chi connectivity index (χ0) is 12.9. The van der Waals surface area contributed by atoms with Gasteiger partial charge in [-0.05, 0) is 31.2 Å². The van der Waals surface area contributed by atoms with Crippen LogP contribution in [0.25, 0.3) is 0 Å². The molecular weight excluding hydrogens is 240 g/mol. The fourth-order valence-corrected chi connectivity index (χ4v) is 2.31. The van der Waals surface area contributed by atoms with E-state index in [0.29, 0.717) is 12.4 Å². The van der Waals surface area contributed by atoms with Crippen molar-refractivity contribution < 1.29 is 13.2 Å². The van der Waals surface area contributed by atoms with Gasteiger partial charge in [-0.2, -0.15) is 9.57 Å². The first kappa shape index (κ1) is 13.5. The summed E-state index contributed by atoms with van der Waals surface area (Å²) < 4.78 is 30.1. The molecule has 0 heterocycles. The first-order valence-electron chi connectivity index (χ1n) is 5.08. The number of hydrogen-bond acceptors (Lipinski definition) is 4. The second kappa shape index (κ2) is 5.66. The molecule has 0 spiro atoms. The van der Waals surface area contributed by atoms with E-state index >= 15 is 0 Å². The number of nitrogens with zero attached hydrogens (tertiary/aromatic N) is 2. The van der Waals surface area contributed by atoms with Crippen molar-refractivity contribution in [2.75, 3.05) is 20.2 Å². The fraction of sp³-hybridized carbons (Fsp3) is 0.364. The van der Waals surface area contributed by atoms with Gasteiger partial charge in [-0.1, -0.05) is 0 Å². The summed E-state index contributed by atoms with van der Waals surface area (Å²) in [6.07, 6.45) is 0. The Kier molecular flexibility index (Phi) is 4.49. The smallest absolute Gasteiger partial charge is 0.243 e. The van der Waals surface area contributed by atoms with E-state index in [9.17, 15) is 8.42 Å². The Morgan fingerprint density at radius 3 is 2.41 bits per heavy atom. The zero-order valence-corrected chi connectivity index (χ0v) is 10.6. The number of rotatable bonds is 5. The molecule has 0 aliphatic carbocycles. The SMILES string of the molecule is CCOc1ccc(S(=O)(=O)N(C)CC#N)cc1. The molecule has 0 aromatic heterocycles. The molecule has 0 saturated heterocycles. The molecule has 1 aromatic carbocycles. The zero-order valence-electron chi connectivity index (χ0n) is 9.75. The van der Waals surface area contributed by atoms with Gasteiger partial charge in [-0.3, -0.25) is 0 Å². The summed E-state index contributed by atoms with van der Waals surface area (Å²) in [5, 5.41) is 8.48. The Balaban J connectivity index is 2.97. The van der Waals surface area contributed by atoms with Gasteiger partial charge in [0.15, 0.2) is 0 Å². The highest BCUT2D eigenvalue weighted by Gasteiger charge is 2.19. The Morgan fingerprint density at radius 2 is 1.94 bits per heavy atom. The number of benzene rings is 1. The topological polar surface area (TPSA) is 70.4 Å². The van der Waals surface area contributed by atoms with Crippen LogP contribution >= 0.6 is 0 Å². The molecule has 0 fully saturated rings. The minimum atomic E-state index is -3.58. The third-order valence-electron chi connectivity index (χ3n) is 2.14. The lowest BCUT2D eigenvalue weighted by Gasteiger charge is -2.13. The maximum Gasteiger partial charge on any atom is 0.243 e. The van der Waals surface area contributed by atoms with Crippen LogP contribution in [-0.2, 0) is 10.0 Å². The Hall–Kier alpha value is -1.58. The Labute approximate surface area is 101 Å². The van der Waals surface area contributed by atoms with Gasteiger partial charge in [0, 0.05) is 7.05 Å². The first-order chi connectivity index (χ1) is 8.02. The predicted octanol–water partition coefficient (Wildman–Crippen LogP) is 1.23. The quantitative estimate of drug-likeness (QED) is 0.741. The van der Waals surface area contributed by atoms with Crippen LogP contribution in [0.3, 0.4) is 0 Å². The highest BCUT2D eigenvalue weighted by Crippen LogP contribution is 2.18. The molecule has 0 aliphatic heterocycles. The molecule has 92 valence electrons. The summed E-state index contributed by atoms with van der Waals surface area (Å²) in [6, 6.07) is 7.92. The maximum atomic E-state index is 11.9. The largest absolute Gasteiger partial charge is 0.494 e. The highest BCUT2D eigenvalue weighted by molar-refractivity contribution is 7.89. The molecule has 0 saturated carbocycles. The lowest BCUT2D eigenvalue weighted by Crippen LogP contribution is -2.27. The van der Waals surface area contributed by atoms with E-state index in [4.69, 9.17) is 10.00 Å². The van der Waals surface area contributed by atoms with Crippen LogP contribution < -0.4 is 4.74 Å². The van der Waals surface area contributed by atoms with Gasteiger partial charge in [-0.25, -0.2) is 8.42 Å². The first-order valence-corrected chi connectivity index (χ1v) is 6.52. The van der Waals surface area contributed by atoms with Gasteiger partial charge >= 0.3 is 0 Å². The van der Waals surface area contributed by atoms with Crippen LogP contribution in [0.15, 0.2) is 29.2 Å². The van der Waals surface area contributed by atoms with Crippen molar-refractivity contribution in [1.82, 2.24) is 4.31 Å². The second-order valence-electron chi connectivity index (χ2n) is 3.32. The number of ether oxygens (including phenoxy) is 1. The second-order valence-corrected chi connectivity index (χ2v) is 5.37. The lowest BCUT2D eigenvalue weighted by atomic mass is 10.3. The van der Waals surface area contributed by atoms with Gasteiger partial charge in [0.25, 0.3) is 0 Å². The molecule has 0 aliphatic rings. The van der Waals surface area contributed by atoms with Crippen LogP contribution in [-0.4, -0.2) is 32.9 Å². The van der Waals surface area contributed by atoms with Crippen molar-refractivity contribution in [2.24, 2.45) is 0 Å². The summed E-state index contributed by atoms with van der Waals surface area (Å²) in [5.74, 6) is 0.620. The number of sulfonamides is 1. The van der Waals surface area contributed by atoms with Crippen molar-refractivity contribution >= 4 is 10.0 Å². The van der Waals surface area contributed by atoms with E-state index in [1.807, 2.05) is 6.92 Å². The Morgan fingerprint density at radius 1 is 1.35 bits per heavy atom. The molecule has 0 atom stereocenters. The monoisotopic (exact) mass is 254 g/mol. The molecule has 0 N–H and O–H groups in total. The Bertz CT molecular complexity index is 503. The van der Waals surface area contributed by atoms with Crippen LogP contribution in [0.2, 0.25) is 0 Å². The molecule has 5 nitrogen and oxygen atoms in total. The molecule has 1 aromatic rings. The summed E-state index contributed by atoms with van der Waals surface area (Å²) in [6.45, 7) is 2.21. The van der Waals surface area contributed by atoms with Gasteiger partial charge in [0.05, 0.1) is 17.6 Å². The summed E-state index contributed by atoms with van der Waals surface area (Å²) in [5.41, 5.74) is 0. The molecule has 0 unspecified atom stereocenters. The minimum Gasteiger partial charge on any atom is -0.494 e. The van der Waals surface area contributed by atoms with Crippen molar-refractivity contribution in [2.45, 2.75) is 11.8 Å². The van der Waals surface area contributed by atoms with E-state index in [1.165, 1.54) is 19.2 Å². The van der Waals surface area contributed by atoms with Crippen molar-refractivity contribution in [3.05, 3.63) is 24.3 Å². The minimum absolute atomic E-state index is 0.152. The maximum absolute atomic E-state index is 11.9. The third-order valence-corrected chi connectivity index (χ3v) is 3.95. The third kappa shape index (κ3) is 3.19. The average molecular weight is 254 g/mol. The van der Waals surface area contributed by atoms with Crippen LogP contribution in [0.4, 0.5) is 0 Å². The standard InChI is InChI=1S/C11H14N2O3S/c1-3-16-10-4-6-11(7-5-10)17(14,15)13(2)9-8-12/h4-7H,3,9H2,1-2H3. The van der Waals surface area contributed by atoms with Crippen LogP contribution in [0.1, 0.15) is 6.92 Å². The molecule has 17 heavy (non-hydrogen) atoms. The highest BCUT2D eigenvalue weighted by atomic mass is 32.2. The summed E-state index contributed by atoms with van der Waals surface area (Å²) in [7, 11) is -2.21. The number of hydrogen-bond donors (Lipinski definition) is 0. The van der Waals surface area contributed by atoms with Crippen molar-refractivity contribution in [3.8, 4) is 11.8 Å². The van der Waals surface area contributed by atoms with Crippen molar-refractivity contribution in [1.29, 1.82) is 5.26 Å². The molecular formula is C11H14N2O3S. The van der Waals surface area contributed by atoms with Gasteiger partial charge < -0.3 is 4.74 Å². The predicted molar refractivity (Wildman–Crippen MR) is 63.0 cm³/mol. The molecule has 0 bridgehead atoms. The van der Waals surface area contributed by atoms with Crippen molar-refractivity contribution in [3.63, 3.8) is 0 Å². The van der Waals surface area contributed by atoms with Crippen LogP contribution in [0.5, 0.6) is 5.75 Å². The molecule has 0 amide bonds. The van der Waals surface area contributed by atoms with Gasteiger partial charge in [0.2, 0.25) is 10.0 Å². The number of nitriles is 1. The van der Waals surface area contributed by atoms with E-state index in [2.05, 4.69) is 0 Å². The molecule has 1 rings (SSSR count). The average Bonchev–Trinajstić information content (AvgIpc) is 2.30.